The minimum absolute atomic E-state index is 0.378. The lowest BCUT2D eigenvalue weighted by molar-refractivity contribution is 0.262. The third kappa shape index (κ3) is 2.01. The highest BCUT2D eigenvalue weighted by Crippen LogP contribution is 2.65. The summed E-state index contributed by atoms with van der Waals surface area (Å²) in [5.74, 6) is -13.7. The first-order chi connectivity index (χ1) is 22.1. The van der Waals surface area contributed by atoms with Crippen molar-refractivity contribution in [2.24, 2.45) is 17.7 Å². The highest BCUT2D eigenvalue weighted by Gasteiger charge is 2.59. The van der Waals surface area contributed by atoms with Crippen LogP contribution in [0.3, 0.4) is 0 Å². The summed E-state index contributed by atoms with van der Waals surface area (Å²) in [5.41, 5.74) is -11.3. The van der Waals surface area contributed by atoms with Gasteiger partial charge in [0, 0.05) is 49.9 Å². The Balaban J connectivity index is 2.07. The van der Waals surface area contributed by atoms with Crippen molar-refractivity contribution in [1.29, 1.82) is 0 Å². The molecule has 4 fully saturated rings. The Hall–Kier alpha value is -1.85. The second kappa shape index (κ2) is 5.57. The van der Waals surface area contributed by atoms with E-state index in [1.165, 1.54) is 0 Å². The van der Waals surface area contributed by atoms with Crippen LogP contribution in [0.4, 0.5) is 0 Å². The Morgan fingerprint density at radius 2 is 2.08 bits per heavy atom. The van der Waals surface area contributed by atoms with Crippen LogP contribution in [0, 0.1) is 17.7 Å². The maximum Gasteiger partial charge on any atom is 0.332 e. The molecular weight excluding hydrogens is 328 g/mol. The zero-order chi connectivity index (χ0) is 40.2. The molecule has 140 valence electrons. The van der Waals surface area contributed by atoms with E-state index in [0.717, 1.165) is 0 Å². The number of aromatic nitrogens is 4. The molecule has 4 bridgehead atoms. The lowest BCUT2D eigenvalue weighted by atomic mass is 9.75. The van der Waals surface area contributed by atoms with E-state index in [0.29, 0.717) is 0 Å². The van der Waals surface area contributed by atoms with Crippen LogP contribution in [0.25, 0.3) is 11.2 Å². The van der Waals surface area contributed by atoms with Crippen LogP contribution in [0.5, 0.6) is 0 Å². The van der Waals surface area contributed by atoms with Crippen molar-refractivity contribution in [2.45, 2.75) is 76.8 Å². The molecule has 2 aromatic rings. The zero-order valence-electron chi connectivity index (χ0n) is 37.9. The summed E-state index contributed by atoms with van der Waals surface area (Å²) in [5, 5.41) is 0. The molecule has 1 N–H and O–H groups in total. The van der Waals surface area contributed by atoms with Crippen LogP contribution in [0.1, 0.15) is 98.5 Å². The molecule has 0 saturated heterocycles. The number of hydrogen-bond donors (Lipinski definition) is 1. The van der Waals surface area contributed by atoms with Crippen molar-refractivity contribution < 1.29 is 34.3 Å². The van der Waals surface area contributed by atoms with Gasteiger partial charge in [-0.05, 0) is 62.3 Å². The molecule has 6 nitrogen and oxygen atoms in total. The van der Waals surface area contributed by atoms with Crippen molar-refractivity contribution in [3.8, 4) is 0 Å². The smallest absolute Gasteiger partial charge is 0.332 e. The molecule has 4 aliphatic rings. The van der Waals surface area contributed by atoms with Gasteiger partial charge in [0.2, 0.25) is 0 Å². The molecule has 4 saturated carbocycles. The summed E-state index contributed by atoms with van der Waals surface area (Å²) in [6.07, 6.45) is -26.4. The Bertz CT molecular complexity index is 1940. The third-order valence-corrected chi connectivity index (χ3v) is 4.21. The molecule has 2 aromatic heterocycles. The molecule has 0 spiro atoms. The minimum atomic E-state index is -4.27. The van der Waals surface area contributed by atoms with Crippen LogP contribution < -0.4 is 11.2 Å². The fourth-order valence-corrected chi connectivity index (χ4v) is 3.17. The van der Waals surface area contributed by atoms with Gasteiger partial charge < -0.3 is 4.98 Å². The first kappa shape index (κ1) is 4.58. The summed E-state index contributed by atoms with van der Waals surface area (Å²) < 4.78 is 209. The molecule has 6 heteroatoms. The van der Waals surface area contributed by atoms with Crippen molar-refractivity contribution >= 4 is 11.2 Å². The quantitative estimate of drug-likeness (QED) is 0.865. The normalized spacial score (nSPS) is 67.2. The Labute approximate surface area is 187 Å². The van der Waals surface area contributed by atoms with Gasteiger partial charge in [0.05, 0.1) is 2.74 Å². The molecule has 0 amide bonds. The van der Waals surface area contributed by atoms with Crippen LogP contribution in [-0.4, -0.2) is 19.1 Å². The lowest BCUT2D eigenvalue weighted by Crippen LogP contribution is -2.40. The maximum atomic E-state index is 13.9. The first-order valence-electron chi connectivity index (χ1n) is 19.9. The monoisotopic (exact) mass is 381 g/mol. The largest absolute Gasteiger partial charge is 0.336 e. The van der Waals surface area contributed by atoms with Crippen molar-refractivity contribution in [1.82, 2.24) is 19.1 Å². The van der Waals surface area contributed by atoms with E-state index in [2.05, 4.69) is 4.98 Å². The lowest BCUT2D eigenvalue weighted by Gasteiger charge is -2.30. The number of aromatic amines is 1. The Kier molecular flexibility index (Phi) is 0.982. The van der Waals surface area contributed by atoms with Gasteiger partial charge in [-0.1, -0.05) is 13.7 Å². The number of nitrogens with one attached hydrogen (secondary N) is 1. The van der Waals surface area contributed by atoms with Gasteiger partial charge in [-0.25, -0.2) is 9.78 Å². The van der Waals surface area contributed by atoms with E-state index in [1.807, 2.05) is 4.98 Å². The molecule has 2 heterocycles. The summed E-state index contributed by atoms with van der Waals surface area (Å²) in [6.45, 7) is -15.2. The van der Waals surface area contributed by atoms with Gasteiger partial charge in [-0.2, -0.15) is 0 Å². The van der Waals surface area contributed by atoms with Crippen molar-refractivity contribution in [3.05, 3.63) is 26.7 Å². The van der Waals surface area contributed by atoms with Crippen LogP contribution in [0.2, 0.25) is 0 Å². The number of aryl methyl sites for hydroxylation is 1. The molecule has 2 unspecified atom stereocenters. The Morgan fingerprint density at radius 1 is 1.27 bits per heavy atom. The fraction of sp³-hybridized carbons (Fsp3) is 0.750. The average molecular weight is 382 g/mol. The van der Waals surface area contributed by atoms with Crippen LogP contribution in [-0.2, 0) is 18.4 Å². The molecule has 0 aliphatic heterocycles. The summed E-state index contributed by atoms with van der Waals surface area (Å²) >= 11 is 0. The molecule has 4 aliphatic carbocycles. The number of fused-ring (bicyclic) bond motifs is 1. The zero-order valence-corrected chi connectivity index (χ0v) is 12.9. The second-order valence-electron chi connectivity index (χ2n) is 5.61. The van der Waals surface area contributed by atoms with E-state index >= 15 is 0 Å². The van der Waals surface area contributed by atoms with Gasteiger partial charge in [-0.15, -0.1) is 0 Å². The molecule has 0 radical (unpaired) electrons. The fourth-order valence-electron chi connectivity index (χ4n) is 3.17. The highest BCUT2D eigenvalue weighted by atomic mass is 16.2. The van der Waals surface area contributed by atoms with Gasteiger partial charge in [0.25, 0.3) is 5.56 Å². The van der Waals surface area contributed by atoms with E-state index in [9.17, 15) is 11.0 Å². The minimum Gasteiger partial charge on any atom is -0.336 e. The maximum absolute atomic E-state index is 13.9. The first-order valence-corrected chi connectivity index (χ1v) is 7.40. The summed E-state index contributed by atoms with van der Waals surface area (Å²) in [4.78, 5) is 33.5. The summed E-state index contributed by atoms with van der Waals surface area (Å²) in [6, 6.07) is 0. The summed E-state index contributed by atoms with van der Waals surface area (Å²) in [7, 11) is 0. The van der Waals surface area contributed by atoms with Crippen molar-refractivity contribution in [2.75, 3.05) is 0 Å². The molecular formula is C20H28N4O2. The van der Waals surface area contributed by atoms with E-state index in [1.54, 1.807) is 0 Å². The average Bonchev–Trinajstić information content (AvgIpc) is 3.37. The van der Waals surface area contributed by atoms with Gasteiger partial charge in [0.15, 0.2) is 5.65 Å². The second-order valence-corrected chi connectivity index (χ2v) is 5.61. The van der Waals surface area contributed by atoms with E-state index in [-0.39, 0.29) is 4.57 Å². The number of H-pyrrole nitrogens is 1. The van der Waals surface area contributed by atoms with E-state index in [4.69, 9.17) is 32.9 Å². The van der Waals surface area contributed by atoms with Crippen LogP contribution >= 0.6 is 0 Å². The van der Waals surface area contributed by atoms with Crippen LogP contribution in [0.15, 0.2) is 9.59 Å². The predicted octanol–water partition coefficient (Wildman–Crippen LogP) is 2.78. The highest BCUT2D eigenvalue weighted by molar-refractivity contribution is 5.70. The number of hydrogen-bond acceptors (Lipinski definition) is 3. The molecule has 26 heavy (non-hydrogen) atoms. The molecule has 0 aromatic carbocycles. The predicted molar refractivity (Wildman–Crippen MR) is 100 cm³/mol. The SMILES string of the molecule is [2H]C([2H])([2H])CC([2H])([2H])n1c(=O)n(C([2H])([2H])C([2H])([2H])C([2H])([2H])[2H])c(=O)c2[nH]c(C34C([2H])([2H])C5([2H])C([2H])([2H])C([2H])(C([2H])([2H])C3([2H])C5([2H])[2H])C4([2H])[2H])nc21. The number of imidazole rings is 1. The molecule has 2 atom stereocenters. The van der Waals surface area contributed by atoms with Gasteiger partial charge in [-0.3, -0.25) is 13.9 Å². The van der Waals surface area contributed by atoms with Gasteiger partial charge in [0.1, 0.15) is 11.3 Å². The van der Waals surface area contributed by atoms with Gasteiger partial charge >= 0.3 is 5.69 Å². The Morgan fingerprint density at radius 3 is 2.81 bits per heavy atom. The topological polar surface area (TPSA) is 72.7 Å². The third-order valence-electron chi connectivity index (χ3n) is 4.21. The van der Waals surface area contributed by atoms with Crippen molar-refractivity contribution in [3.63, 3.8) is 0 Å². The number of rotatable bonds is 5. The number of nitrogens with zero attached hydrogens (tertiary/aromatic N) is 3. The standard InChI is InChI=1S/C20H28N4O2/c1-3-5-23-16-15(17(25)24(6-4-2)19(23)26)21-18(22-16)20-10-12-7-13(11-20)9-14(20)8-12/h12-14H,3-11H2,1-2H3,(H,21,22)/i1D3,2D3,4D2,5D2,6D2,7D2,8D2,9D2,10D2,11D2,12D,13D,14D. The van der Waals surface area contributed by atoms with E-state index < -0.39 is 127 Å². The molecule has 6 rings (SSSR count).